The number of amidine groups is 1. The van der Waals surface area contributed by atoms with E-state index in [1.807, 2.05) is 0 Å². The maximum Gasteiger partial charge on any atom is 0.412 e. The van der Waals surface area contributed by atoms with Crippen molar-refractivity contribution in [2.75, 3.05) is 10.6 Å². The minimum Gasteiger partial charge on any atom is -0.444 e. The molecule has 2 aromatic carbocycles. The molecule has 0 radical (unpaired) electrons. The van der Waals surface area contributed by atoms with Gasteiger partial charge < -0.3 is 10.1 Å². The average Bonchev–Trinajstić information content (AvgIpc) is 2.77. The zero-order valence-corrected chi connectivity index (χ0v) is 21.2. The number of nitrogens with one attached hydrogen (secondary N) is 2. The summed E-state index contributed by atoms with van der Waals surface area (Å²) in [6.07, 6.45) is 1.12. The van der Waals surface area contributed by atoms with Crippen LogP contribution in [0.5, 0.6) is 0 Å². The number of Topliss-reactive ketones (excluding diaryl/α,β-unsaturated/α-hetero) is 2. The summed E-state index contributed by atoms with van der Waals surface area (Å²) in [6, 6.07) is 11.0. The molecule has 2 aliphatic rings. The van der Waals surface area contributed by atoms with Gasteiger partial charge in [-0.3, -0.25) is 14.9 Å². The van der Waals surface area contributed by atoms with Crippen molar-refractivity contribution in [2.24, 2.45) is 10.3 Å². The van der Waals surface area contributed by atoms with Crippen molar-refractivity contribution in [3.8, 4) is 0 Å². The van der Waals surface area contributed by atoms with E-state index in [4.69, 9.17) is 4.74 Å². The number of ether oxygens (including phenoxy) is 1. The van der Waals surface area contributed by atoms with Gasteiger partial charge >= 0.3 is 6.09 Å². The number of carbonyl (C=O) groups excluding carboxylic acids is 3. The van der Waals surface area contributed by atoms with Gasteiger partial charge in [-0.1, -0.05) is 30.3 Å². The molecule has 188 valence electrons. The summed E-state index contributed by atoms with van der Waals surface area (Å²) in [5.41, 5.74) is -0.566. The minimum absolute atomic E-state index is 0.139. The number of allylic oxidation sites excluding steroid dienone is 1. The number of nitrogens with zero attached hydrogens (tertiary/aromatic N) is 1. The molecular formula is C26H27N3O6S. The quantitative estimate of drug-likeness (QED) is 0.459. The van der Waals surface area contributed by atoms with Crippen LogP contribution in [0, 0.1) is 5.92 Å². The van der Waals surface area contributed by atoms with Crippen LogP contribution in [0.2, 0.25) is 0 Å². The Labute approximate surface area is 209 Å². The summed E-state index contributed by atoms with van der Waals surface area (Å²) in [7, 11) is -4.30. The van der Waals surface area contributed by atoms with E-state index in [0.29, 0.717) is 11.1 Å². The largest absolute Gasteiger partial charge is 0.444 e. The predicted octanol–water partition coefficient (Wildman–Crippen LogP) is 4.46. The van der Waals surface area contributed by atoms with Gasteiger partial charge in [0.05, 0.1) is 11.1 Å². The molecule has 2 unspecified atom stereocenters. The van der Waals surface area contributed by atoms with Crippen molar-refractivity contribution >= 4 is 44.9 Å². The van der Waals surface area contributed by atoms with Gasteiger partial charge in [-0.05, 0) is 57.9 Å². The molecule has 2 aromatic rings. The smallest absolute Gasteiger partial charge is 0.412 e. The third-order valence-electron chi connectivity index (χ3n) is 6.07. The molecule has 1 heterocycles. The van der Waals surface area contributed by atoms with Gasteiger partial charge in [0.25, 0.3) is 10.0 Å². The molecule has 1 aliphatic heterocycles. The van der Waals surface area contributed by atoms with Gasteiger partial charge in [0, 0.05) is 11.3 Å². The Bertz CT molecular complexity index is 1440. The van der Waals surface area contributed by atoms with E-state index in [1.165, 1.54) is 18.2 Å². The summed E-state index contributed by atoms with van der Waals surface area (Å²) >= 11 is 0. The number of hydrogen-bond donors (Lipinski definition) is 2. The Morgan fingerprint density at radius 3 is 2.58 bits per heavy atom. The van der Waals surface area contributed by atoms with Crippen LogP contribution >= 0.6 is 0 Å². The molecule has 1 aliphatic carbocycles. The van der Waals surface area contributed by atoms with E-state index in [1.54, 1.807) is 58.0 Å². The molecule has 2 atom stereocenters. The Balaban J connectivity index is 1.72. The number of ketones is 2. The average molecular weight is 510 g/mol. The first-order valence-corrected chi connectivity index (χ1v) is 12.8. The first kappa shape index (κ1) is 25.3. The number of hydrogen-bond acceptors (Lipinski definition) is 7. The first-order valence-electron chi connectivity index (χ1n) is 11.3. The Kier molecular flexibility index (Phi) is 6.12. The van der Waals surface area contributed by atoms with E-state index in [0.717, 1.165) is 0 Å². The van der Waals surface area contributed by atoms with Crippen molar-refractivity contribution in [3.63, 3.8) is 0 Å². The normalized spacial score (nSPS) is 22.4. The minimum atomic E-state index is -4.30. The number of anilines is 2. The molecule has 1 amide bonds. The highest BCUT2D eigenvalue weighted by Gasteiger charge is 2.51. The van der Waals surface area contributed by atoms with Crippen molar-refractivity contribution < 1.29 is 27.5 Å². The monoisotopic (exact) mass is 509 g/mol. The maximum atomic E-state index is 13.7. The molecule has 2 N–H and O–H groups in total. The van der Waals surface area contributed by atoms with E-state index in [9.17, 15) is 22.8 Å². The van der Waals surface area contributed by atoms with E-state index < -0.39 is 44.6 Å². The molecular weight excluding hydrogens is 482 g/mol. The number of carbonyl (C=O) groups is 3. The highest BCUT2D eigenvalue weighted by atomic mass is 32.2. The van der Waals surface area contributed by atoms with Crippen molar-refractivity contribution in [1.82, 2.24) is 0 Å². The zero-order valence-electron chi connectivity index (χ0n) is 20.4. The van der Waals surface area contributed by atoms with Crippen LogP contribution in [0.1, 0.15) is 50.0 Å². The SMILES string of the molecule is C=CCC1(C)C(=O)C(C2=NS(=O)(=O)c3cc(NC(=O)OC(C)(C)C)ccc3N2)C(=O)c2ccccc21. The molecule has 0 saturated carbocycles. The van der Waals surface area contributed by atoms with Crippen molar-refractivity contribution in [3.05, 3.63) is 66.2 Å². The standard InChI is InChI=1S/C26H27N3O6S/c1-6-13-26(5)17-10-8-7-9-16(17)21(30)20(22(26)31)23-28-18-12-11-15(14-19(18)36(33,34)29-23)27-24(32)35-25(2,3)4/h6-12,14,20H,1,13H2,2-5H3,(H,27,32)(H,28,29). The summed E-state index contributed by atoms with van der Waals surface area (Å²) in [5.74, 6) is -2.66. The van der Waals surface area contributed by atoms with Gasteiger partial charge in [-0.15, -0.1) is 11.0 Å². The first-order chi connectivity index (χ1) is 16.8. The molecule has 0 fully saturated rings. The van der Waals surface area contributed by atoms with Crippen molar-refractivity contribution in [1.29, 1.82) is 0 Å². The molecule has 0 bridgehead atoms. The van der Waals surface area contributed by atoms with Gasteiger partial charge in [0.15, 0.2) is 11.6 Å². The van der Waals surface area contributed by atoms with Crippen LogP contribution in [-0.2, 0) is 25.0 Å². The lowest BCUT2D eigenvalue weighted by Crippen LogP contribution is -2.51. The van der Waals surface area contributed by atoms with E-state index >= 15 is 0 Å². The van der Waals surface area contributed by atoms with Crippen LogP contribution in [0.4, 0.5) is 16.2 Å². The highest BCUT2D eigenvalue weighted by molar-refractivity contribution is 7.90. The molecule has 9 nitrogen and oxygen atoms in total. The fourth-order valence-corrected chi connectivity index (χ4v) is 5.64. The molecule has 10 heteroatoms. The third-order valence-corrected chi connectivity index (χ3v) is 7.40. The molecule has 4 rings (SSSR count). The maximum absolute atomic E-state index is 13.7. The fraction of sp³-hybridized carbons (Fsp3) is 0.308. The molecule has 0 aromatic heterocycles. The Hall–Kier alpha value is -3.79. The van der Waals surface area contributed by atoms with Crippen LogP contribution in [-0.4, -0.2) is 37.5 Å². The van der Waals surface area contributed by atoms with E-state index in [2.05, 4.69) is 21.6 Å². The van der Waals surface area contributed by atoms with E-state index in [-0.39, 0.29) is 28.5 Å². The van der Waals surface area contributed by atoms with Crippen LogP contribution in [0.25, 0.3) is 0 Å². The van der Waals surface area contributed by atoms with Crippen LogP contribution in [0.3, 0.4) is 0 Å². The second kappa shape index (κ2) is 8.70. The summed E-state index contributed by atoms with van der Waals surface area (Å²) in [6.45, 7) is 10.6. The lowest BCUT2D eigenvalue weighted by Gasteiger charge is -2.38. The van der Waals surface area contributed by atoms with Crippen molar-refractivity contribution in [2.45, 2.75) is 50.0 Å². The summed E-state index contributed by atoms with van der Waals surface area (Å²) < 4.78 is 35.3. The number of fused-ring (bicyclic) bond motifs is 2. The van der Waals surface area contributed by atoms with Gasteiger partial charge in [-0.2, -0.15) is 8.42 Å². The number of sulfonamides is 1. The number of benzene rings is 2. The second-order valence-corrected chi connectivity index (χ2v) is 11.5. The fourth-order valence-electron chi connectivity index (χ4n) is 4.46. The summed E-state index contributed by atoms with van der Waals surface area (Å²) in [5, 5.41) is 5.36. The Morgan fingerprint density at radius 1 is 1.22 bits per heavy atom. The Morgan fingerprint density at radius 2 is 1.92 bits per heavy atom. The molecule has 0 spiro atoms. The molecule has 0 saturated heterocycles. The molecule has 36 heavy (non-hydrogen) atoms. The lowest BCUT2D eigenvalue weighted by atomic mass is 9.64. The highest BCUT2D eigenvalue weighted by Crippen LogP contribution is 2.42. The van der Waals surface area contributed by atoms with Gasteiger partial charge in [0.2, 0.25) is 0 Å². The second-order valence-electron chi connectivity index (χ2n) is 9.95. The topological polar surface area (TPSA) is 131 Å². The zero-order chi connectivity index (χ0) is 26.5. The third kappa shape index (κ3) is 4.44. The predicted molar refractivity (Wildman–Crippen MR) is 136 cm³/mol. The van der Waals surface area contributed by atoms with Gasteiger partial charge in [-0.25, -0.2) is 4.79 Å². The van der Waals surface area contributed by atoms with Gasteiger partial charge in [0.1, 0.15) is 22.3 Å². The number of rotatable bonds is 4. The summed E-state index contributed by atoms with van der Waals surface area (Å²) in [4.78, 5) is 39.0. The van der Waals surface area contributed by atoms with Crippen LogP contribution in [0.15, 0.2) is 64.4 Å². The number of amides is 1. The lowest BCUT2D eigenvalue weighted by molar-refractivity contribution is -0.125. The van der Waals surface area contributed by atoms with Crippen LogP contribution < -0.4 is 10.6 Å².